The molecule has 86 valence electrons. The molecule has 2 heteroatoms. The maximum atomic E-state index is 11.2. The van der Waals surface area contributed by atoms with Crippen LogP contribution in [-0.4, -0.2) is 6.41 Å². The molecule has 0 spiro atoms. The Labute approximate surface area is 102 Å². The third-order valence-corrected chi connectivity index (χ3v) is 2.76. The van der Waals surface area contributed by atoms with E-state index in [1.807, 2.05) is 42.5 Å². The van der Waals surface area contributed by atoms with Gasteiger partial charge in [0, 0.05) is 11.4 Å². The number of hydrogen-bond acceptors (Lipinski definition) is 1. The molecule has 2 nitrogen and oxygen atoms in total. The third kappa shape index (κ3) is 2.53. The average molecular weight is 225 g/mol. The highest BCUT2D eigenvalue weighted by molar-refractivity contribution is 5.86. The van der Waals surface area contributed by atoms with Gasteiger partial charge in [-0.3, -0.25) is 9.69 Å². The second kappa shape index (κ2) is 5.30. The molecule has 0 fully saturated rings. The van der Waals surface area contributed by atoms with Crippen molar-refractivity contribution in [2.24, 2.45) is 0 Å². The number of anilines is 2. The number of aryl methyl sites for hydroxylation is 1. The molecule has 2 rings (SSSR count). The summed E-state index contributed by atoms with van der Waals surface area (Å²) in [7, 11) is 0. The smallest absolute Gasteiger partial charge is 0.218 e. The van der Waals surface area contributed by atoms with E-state index in [0.717, 1.165) is 24.2 Å². The largest absolute Gasteiger partial charge is 0.284 e. The molecule has 17 heavy (non-hydrogen) atoms. The Bertz CT molecular complexity index is 476. The van der Waals surface area contributed by atoms with Crippen molar-refractivity contribution in [1.29, 1.82) is 0 Å². The van der Waals surface area contributed by atoms with E-state index in [9.17, 15) is 4.79 Å². The minimum absolute atomic E-state index is 0.844. The van der Waals surface area contributed by atoms with Crippen LogP contribution >= 0.6 is 0 Å². The fourth-order valence-corrected chi connectivity index (χ4v) is 1.75. The summed E-state index contributed by atoms with van der Waals surface area (Å²) in [5, 5.41) is 0. The molecule has 2 aromatic rings. The van der Waals surface area contributed by atoms with Crippen molar-refractivity contribution in [3.8, 4) is 0 Å². The number of rotatable bonds is 4. The van der Waals surface area contributed by atoms with Gasteiger partial charge in [0.1, 0.15) is 0 Å². The Balaban J connectivity index is 2.32. The molecule has 0 aliphatic carbocycles. The van der Waals surface area contributed by atoms with Crippen LogP contribution in [0.2, 0.25) is 0 Å². The van der Waals surface area contributed by atoms with Crippen molar-refractivity contribution in [3.05, 3.63) is 60.2 Å². The van der Waals surface area contributed by atoms with Crippen LogP contribution in [0.25, 0.3) is 0 Å². The molecule has 0 atom stereocenters. The molecule has 0 aliphatic rings. The van der Waals surface area contributed by atoms with Gasteiger partial charge < -0.3 is 0 Å². The highest BCUT2D eigenvalue weighted by Crippen LogP contribution is 2.23. The first kappa shape index (κ1) is 11.4. The molecule has 2 aromatic carbocycles. The van der Waals surface area contributed by atoms with Crippen LogP contribution in [0, 0.1) is 0 Å². The van der Waals surface area contributed by atoms with E-state index in [1.54, 1.807) is 4.90 Å². The normalized spacial score (nSPS) is 9.94. The van der Waals surface area contributed by atoms with Gasteiger partial charge in [-0.15, -0.1) is 0 Å². The van der Waals surface area contributed by atoms with Crippen molar-refractivity contribution in [1.82, 2.24) is 0 Å². The fourth-order valence-electron chi connectivity index (χ4n) is 1.75. The minimum atomic E-state index is 0.844. The van der Waals surface area contributed by atoms with Gasteiger partial charge in [-0.05, 0) is 36.2 Å². The molecule has 1 amide bonds. The van der Waals surface area contributed by atoms with E-state index in [-0.39, 0.29) is 0 Å². The van der Waals surface area contributed by atoms with Crippen LogP contribution in [0.15, 0.2) is 54.6 Å². The zero-order valence-corrected chi connectivity index (χ0v) is 9.84. The summed E-state index contributed by atoms with van der Waals surface area (Å²) in [6.45, 7) is 2.11. The summed E-state index contributed by atoms with van der Waals surface area (Å²) in [4.78, 5) is 12.8. The van der Waals surface area contributed by atoms with Gasteiger partial charge in [0.2, 0.25) is 6.41 Å². The average Bonchev–Trinajstić information content (AvgIpc) is 2.42. The van der Waals surface area contributed by atoms with Gasteiger partial charge in [0.15, 0.2) is 0 Å². The zero-order valence-electron chi connectivity index (χ0n) is 9.84. The standard InChI is InChI=1S/C15H15NO/c1-2-13-8-10-15(11-9-13)16(12-17)14-6-4-3-5-7-14/h3-12H,2H2,1H3. The Hall–Kier alpha value is -2.09. The summed E-state index contributed by atoms with van der Waals surface area (Å²) < 4.78 is 0. The maximum Gasteiger partial charge on any atom is 0.218 e. The van der Waals surface area contributed by atoms with E-state index in [1.165, 1.54) is 5.56 Å². The fraction of sp³-hybridized carbons (Fsp3) is 0.133. The Morgan fingerprint density at radius 3 is 2.06 bits per heavy atom. The summed E-state index contributed by atoms with van der Waals surface area (Å²) in [6, 6.07) is 17.7. The molecule has 0 saturated carbocycles. The number of nitrogens with zero attached hydrogens (tertiary/aromatic N) is 1. The van der Waals surface area contributed by atoms with Gasteiger partial charge in [0.25, 0.3) is 0 Å². The quantitative estimate of drug-likeness (QED) is 0.729. The van der Waals surface area contributed by atoms with Crippen LogP contribution in [0.3, 0.4) is 0 Å². The summed E-state index contributed by atoms with van der Waals surface area (Å²) in [5.41, 5.74) is 3.04. The Kier molecular flexibility index (Phi) is 3.55. The zero-order chi connectivity index (χ0) is 12.1. The van der Waals surface area contributed by atoms with Crippen LogP contribution in [0.5, 0.6) is 0 Å². The van der Waals surface area contributed by atoms with E-state index >= 15 is 0 Å². The van der Waals surface area contributed by atoms with Crippen LogP contribution in [0.1, 0.15) is 12.5 Å². The molecule has 0 N–H and O–H groups in total. The van der Waals surface area contributed by atoms with Crippen LogP contribution in [0.4, 0.5) is 11.4 Å². The monoisotopic (exact) mass is 225 g/mol. The predicted molar refractivity (Wildman–Crippen MR) is 70.5 cm³/mol. The van der Waals surface area contributed by atoms with Gasteiger partial charge in [-0.25, -0.2) is 0 Å². The maximum absolute atomic E-state index is 11.2. The molecular formula is C15H15NO. The molecule has 0 saturated heterocycles. The van der Waals surface area contributed by atoms with E-state index in [2.05, 4.69) is 19.1 Å². The molecule has 0 aromatic heterocycles. The highest BCUT2D eigenvalue weighted by Gasteiger charge is 2.06. The molecule has 0 bridgehead atoms. The van der Waals surface area contributed by atoms with E-state index in [4.69, 9.17) is 0 Å². The second-order valence-electron chi connectivity index (χ2n) is 3.83. The van der Waals surface area contributed by atoms with Crippen molar-refractivity contribution < 1.29 is 4.79 Å². The molecule has 0 aliphatic heterocycles. The SMILES string of the molecule is CCc1ccc(N(C=O)c2ccccc2)cc1. The number of carbonyl (C=O) groups excluding carboxylic acids is 1. The topological polar surface area (TPSA) is 20.3 Å². The first-order chi connectivity index (χ1) is 8.35. The van der Waals surface area contributed by atoms with Crippen molar-refractivity contribution >= 4 is 17.8 Å². The van der Waals surface area contributed by atoms with Gasteiger partial charge in [-0.1, -0.05) is 37.3 Å². The van der Waals surface area contributed by atoms with Crippen LogP contribution < -0.4 is 4.90 Å². The molecule has 0 heterocycles. The number of para-hydroxylation sites is 1. The number of benzene rings is 2. The summed E-state index contributed by atoms with van der Waals surface area (Å²) >= 11 is 0. The lowest BCUT2D eigenvalue weighted by Crippen LogP contribution is -2.13. The van der Waals surface area contributed by atoms with Crippen LogP contribution in [-0.2, 0) is 11.2 Å². The predicted octanol–water partition coefficient (Wildman–Crippen LogP) is 3.54. The first-order valence-corrected chi connectivity index (χ1v) is 5.73. The first-order valence-electron chi connectivity index (χ1n) is 5.73. The number of amides is 1. The molecule has 0 unspecified atom stereocenters. The Morgan fingerprint density at radius 2 is 1.53 bits per heavy atom. The van der Waals surface area contributed by atoms with E-state index in [0.29, 0.717) is 0 Å². The van der Waals surface area contributed by atoms with Gasteiger partial charge in [-0.2, -0.15) is 0 Å². The second-order valence-corrected chi connectivity index (χ2v) is 3.83. The van der Waals surface area contributed by atoms with Crippen molar-refractivity contribution in [3.63, 3.8) is 0 Å². The van der Waals surface area contributed by atoms with Gasteiger partial charge in [0.05, 0.1) is 0 Å². The van der Waals surface area contributed by atoms with Gasteiger partial charge >= 0.3 is 0 Å². The highest BCUT2D eigenvalue weighted by atomic mass is 16.1. The lowest BCUT2D eigenvalue weighted by Gasteiger charge is -2.17. The summed E-state index contributed by atoms with van der Waals surface area (Å²) in [5.74, 6) is 0. The molecular weight excluding hydrogens is 210 g/mol. The van der Waals surface area contributed by atoms with E-state index < -0.39 is 0 Å². The Morgan fingerprint density at radius 1 is 0.941 bits per heavy atom. The third-order valence-electron chi connectivity index (χ3n) is 2.76. The van der Waals surface area contributed by atoms with Crippen molar-refractivity contribution in [2.75, 3.05) is 4.90 Å². The molecule has 0 radical (unpaired) electrons. The lowest BCUT2D eigenvalue weighted by molar-refractivity contribution is -0.106. The van der Waals surface area contributed by atoms with Crippen molar-refractivity contribution in [2.45, 2.75) is 13.3 Å². The minimum Gasteiger partial charge on any atom is -0.284 e. The number of carbonyl (C=O) groups is 1. The summed E-state index contributed by atoms with van der Waals surface area (Å²) in [6.07, 6.45) is 1.85. The lowest BCUT2D eigenvalue weighted by atomic mass is 10.1. The number of hydrogen-bond donors (Lipinski definition) is 0.